The fourth-order valence-electron chi connectivity index (χ4n) is 2.68. The number of phenols is 2. The highest BCUT2D eigenvalue weighted by atomic mass is 16.4. The van der Waals surface area contributed by atoms with Crippen LogP contribution in [0.25, 0.3) is 0 Å². The standard InChI is InChI=1S/C21H20N2O4/c24-19-7-3-1-5-15(19)12-22-17-10-9-14(21(26)27)11-18(17)23-13-16-6-2-4-8-20(16)25/h1-11,22-25H,12-13H2,(H,26,27). The van der Waals surface area contributed by atoms with Crippen molar-refractivity contribution in [3.05, 3.63) is 83.4 Å². The predicted octanol–water partition coefficient (Wildman–Crippen LogP) is 4.02. The molecule has 0 aliphatic heterocycles. The van der Waals surface area contributed by atoms with Crippen LogP contribution in [0.5, 0.6) is 11.5 Å². The molecular formula is C21H20N2O4. The summed E-state index contributed by atoms with van der Waals surface area (Å²) in [4.78, 5) is 11.3. The van der Waals surface area contributed by atoms with Crippen LogP contribution in [-0.2, 0) is 13.1 Å². The molecule has 0 saturated carbocycles. The zero-order chi connectivity index (χ0) is 19.2. The van der Waals surface area contributed by atoms with E-state index in [1.165, 1.54) is 12.1 Å². The Balaban J connectivity index is 1.81. The van der Waals surface area contributed by atoms with Crippen molar-refractivity contribution in [3.63, 3.8) is 0 Å². The molecule has 3 aromatic carbocycles. The molecular weight excluding hydrogens is 344 g/mol. The van der Waals surface area contributed by atoms with Crippen molar-refractivity contribution in [2.24, 2.45) is 0 Å². The number of anilines is 2. The van der Waals surface area contributed by atoms with Gasteiger partial charge in [0.25, 0.3) is 0 Å². The van der Waals surface area contributed by atoms with Crippen molar-refractivity contribution in [3.8, 4) is 11.5 Å². The summed E-state index contributed by atoms with van der Waals surface area (Å²) in [5.41, 5.74) is 2.87. The third-order valence-corrected chi connectivity index (χ3v) is 4.19. The number of hydrogen-bond donors (Lipinski definition) is 5. The minimum absolute atomic E-state index is 0.155. The molecule has 0 spiro atoms. The van der Waals surface area contributed by atoms with Crippen LogP contribution in [0.1, 0.15) is 21.5 Å². The van der Waals surface area contributed by atoms with Crippen LogP contribution in [0.15, 0.2) is 66.7 Å². The van der Waals surface area contributed by atoms with E-state index < -0.39 is 5.97 Å². The Kier molecular flexibility index (Phi) is 5.47. The maximum Gasteiger partial charge on any atom is 0.335 e. The highest BCUT2D eigenvalue weighted by Crippen LogP contribution is 2.27. The quantitative estimate of drug-likeness (QED) is 0.434. The van der Waals surface area contributed by atoms with Gasteiger partial charge < -0.3 is 26.0 Å². The van der Waals surface area contributed by atoms with E-state index in [9.17, 15) is 20.1 Å². The lowest BCUT2D eigenvalue weighted by atomic mass is 10.1. The molecule has 0 aliphatic rings. The van der Waals surface area contributed by atoms with Crippen LogP contribution >= 0.6 is 0 Å². The second kappa shape index (κ2) is 8.14. The average Bonchev–Trinajstić information content (AvgIpc) is 2.67. The van der Waals surface area contributed by atoms with Gasteiger partial charge in [-0.1, -0.05) is 36.4 Å². The number of para-hydroxylation sites is 2. The van der Waals surface area contributed by atoms with E-state index in [4.69, 9.17) is 0 Å². The lowest BCUT2D eigenvalue weighted by molar-refractivity contribution is 0.0697. The topological polar surface area (TPSA) is 102 Å². The summed E-state index contributed by atoms with van der Waals surface area (Å²) in [5, 5.41) is 35.4. The predicted molar refractivity (Wildman–Crippen MR) is 104 cm³/mol. The Morgan fingerprint density at radius 3 is 1.78 bits per heavy atom. The number of nitrogens with one attached hydrogen (secondary N) is 2. The van der Waals surface area contributed by atoms with Gasteiger partial charge in [-0.05, 0) is 30.3 Å². The number of phenolic OH excluding ortho intramolecular Hbond substituents is 2. The van der Waals surface area contributed by atoms with Gasteiger partial charge in [-0.25, -0.2) is 4.79 Å². The fourth-order valence-corrected chi connectivity index (χ4v) is 2.68. The molecule has 0 atom stereocenters. The van der Waals surface area contributed by atoms with Crippen molar-refractivity contribution in [1.82, 2.24) is 0 Å². The van der Waals surface area contributed by atoms with E-state index in [1.54, 1.807) is 36.4 Å². The summed E-state index contributed by atoms with van der Waals surface area (Å²) in [5.74, 6) is -0.660. The maximum absolute atomic E-state index is 11.3. The molecule has 0 radical (unpaired) electrons. The summed E-state index contributed by atoms with van der Waals surface area (Å²) in [6.45, 7) is 0.714. The summed E-state index contributed by atoms with van der Waals surface area (Å²) in [6, 6.07) is 18.7. The monoisotopic (exact) mass is 364 g/mol. The number of rotatable bonds is 7. The van der Waals surface area contributed by atoms with Crippen LogP contribution in [0.4, 0.5) is 11.4 Å². The molecule has 0 aliphatic carbocycles. The highest BCUT2D eigenvalue weighted by Gasteiger charge is 2.10. The summed E-state index contributed by atoms with van der Waals surface area (Å²) >= 11 is 0. The number of carbonyl (C=O) groups is 1. The zero-order valence-electron chi connectivity index (χ0n) is 14.5. The van der Waals surface area contributed by atoms with Crippen LogP contribution in [-0.4, -0.2) is 21.3 Å². The summed E-state index contributed by atoms with van der Waals surface area (Å²) in [6.07, 6.45) is 0. The smallest absolute Gasteiger partial charge is 0.335 e. The number of aromatic hydroxyl groups is 2. The Labute approximate surface area is 156 Å². The molecule has 0 aromatic heterocycles. The maximum atomic E-state index is 11.3. The van der Waals surface area contributed by atoms with E-state index in [-0.39, 0.29) is 17.1 Å². The summed E-state index contributed by atoms with van der Waals surface area (Å²) < 4.78 is 0. The third kappa shape index (κ3) is 4.49. The molecule has 0 saturated heterocycles. The molecule has 0 bridgehead atoms. The first-order chi connectivity index (χ1) is 13.0. The molecule has 0 heterocycles. The number of carboxylic acid groups (broad SMARTS) is 1. The van der Waals surface area contributed by atoms with Gasteiger partial charge in [-0.15, -0.1) is 0 Å². The molecule has 6 nitrogen and oxygen atoms in total. The molecule has 0 amide bonds. The molecule has 3 rings (SSSR count). The normalized spacial score (nSPS) is 10.4. The van der Waals surface area contributed by atoms with Crippen LogP contribution in [0, 0.1) is 0 Å². The minimum Gasteiger partial charge on any atom is -0.508 e. The Morgan fingerprint density at radius 2 is 1.26 bits per heavy atom. The van der Waals surface area contributed by atoms with E-state index in [0.717, 1.165) is 5.56 Å². The van der Waals surface area contributed by atoms with Gasteiger partial charge >= 0.3 is 5.97 Å². The van der Waals surface area contributed by atoms with Crippen molar-refractivity contribution >= 4 is 17.3 Å². The second-order valence-corrected chi connectivity index (χ2v) is 6.03. The first kappa shape index (κ1) is 18.1. The van der Waals surface area contributed by atoms with Gasteiger partial charge in [0.1, 0.15) is 11.5 Å². The minimum atomic E-state index is -1.02. The largest absolute Gasteiger partial charge is 0.508 e. The Morgan fingerprint density at radius 1 is 0.741 bits per heavy atom. The lowest BCUT2D eigenvalue weighted by Gasteiger charge is -2.16. The fraction of sp³-hybridized carbons (Fsp3) is 0.0952. The molecule has 27 heavy (non-hydrogen) atoms. The van der Waals surface area contributed by atoms with Gasteiger partial charge in [0.05, 0.1) is 16.9 Å². The molecule has 6 heteroatoms. The van der Waals surface area contributed by atoms with E-state index >= 15 is 0 Å². The van der Waals surface area contributed by atoms with Crippen LogP contribution < -0.4 is 10.6 Å². The van der Waals surface area contributed by atoms with E-state index in [1.807, 2.05) is 18.2 Å². The number of hydrogen-bond acceptors (Lipinski definition) is 5. The van der Waals surface area contributed by atoms with E-state index in [2.05, 4.69) is 10.6 Å². The highest BCUT2D eigenvalue weighted by molar-refractivity contribution is 5.90. The van der Waals surface area contributed by atoms with Gasteiger partial charge in [-0.3, -0.25) is 0 Å². The molecule has 0 unspecified atom stereocenters. The molecule has 3 aromatic rings. The van der Waals surface area contributed by atoms with Crippen LogP contribution in [0.2, 0.25) is 0 Å². The number of aromatic carboxylic acids is 1. The van der Waals surface area contributed by atoms with Gasteiger partial charge in [0.2, 0.25) is 0 Å². The van der Waals surface area contributed by atoms with Crippen molar-refractivity contribution in [1.29, 1.82) is 0 Å². The van der Waals surface area contributed by atoms with E-state index in [0.29, 0.717) is 30.0 Å². The molecule has 0 fully saturated rings. The SMILES string of the molecule is O=C(O)c1ccc(NCc2ccccc2O)c(NCc2ccccc2O)c1. The van der Waals surface area contributed by atoms with Gasteiger partial charge in [0.15, 0.2) is 0 Å². The zero-order valence-corrected chi connectivity index (χ0v) is 14.5. The summed E-state index contributed by atoms with van der Waals surface area (Å²) in [7, 11) is 0. The Bertz CT molecular complexity index is 956. The van der Waals surface area contributed by atoms with Crippen molar-refractivity contribution in [2.45, 2.75) is 13.1 Å². The second-order valence-electron chi connectivity index (χ2n) is 6.03. The first-order valence-electron chi connectivity index (χ1n) is 8.43. The molecule has 138 valence electrons. The lowest BCUT2D eigenvalue weighted by Crippen LogP contribution is -2.07. The third-order valence-electron chi connectivity index (χ3n) is 4.19. The van der Waals surface area contributed by atoms with Crippen molar-refractivity contribution < 1.29 is 20.1 Å². The number of benzene rings is 3. The van der Waals surface area contributed by atoms with Crippen molar-refractivity contribution in [2.75, 3.05) is 10.6 Å². The van der Waals surface area contributed by atoms with Gasteiger partial charge in [0, 0.05) is 24.2 Å². The molecule has 5 N–H and O–H groups in total. The van der Waals surface area contributed by atoms with Crippen LogP contribution in [0.3, 0.4) is 0 Å². The number of carboxylic acids is 1. The first-order valence-corrected chi connectivity index (χ1v) is 8.43. The average molecular weight is 364 g/mol. The van der Waals surface area contributed by atoms with Gasteiger partial charge in [-0.2, -0.15) is 0 Å². The Hall–Kier alpha value is -3.67.